The minimum absolute atomic E-state index is 0.277. The van der Waals surface area contributed by atoms with E-state index in [1.54, 1.807) is 0 Å². The number of hydrogen-bond donors (Lipinski definition) is 1. The Balaban J connectivity index is 2.15. The molecule has 0 bridgehead atoms. The van der Waals surface area contributed by atoms with Crippen molar-refractivity contribution in [2.75, 3.05) is 5.73 Å². The minimum atomic E-state index is 0.277. The zero-order chi connectivity index (χ0) is 15.4. The SMILES string of the molecule is CC(C)CCCC(C)n1nnnc1-c1ccc(Br)c(N)c1. The summed E-state index contributed by atoms with van der Waals surface area (Å²) in [5.41, 5.74) is 7.57. The van der Waals surface area contributed by atoms with Gasteiger partial charge in [0.2, 0.25) is 0 Å². The van der Waals surface area contributed by atoms with Crippen LogP contribution >= 0.6 is 15.9 Å². The van der Waals surface area contributed by atoms with E-state index in [-0.39, 0.29) is 6.04 Å². The van der Waals surface area contributed by atoms with E-state index < -0.39 is 0 Å². The third-order valence-electron chi connectivity index (χ3n) is 3.57. The molecule has 0 radical (unpaired) electrons. The Morgan fingerprint density at radius 3 is 2.67 bits per heavy atom. The van der Waals surface area contributed by atoms with Gasteiger partial charge in [-0.05, 0) is 63.8 Å². The van der Waals surface area contributed by atoms with Crippen molar-refractivity contribution < 1.29 is 0 Å². The highest BCUT2D eigenvalue weighted by molar-refractivity contribution is 9.10. The van der Waals surface area contributed by atoms with Crippen molar-refractivity contribution >= 4 is 21.6 Å². The summed E-state index contributed by atoms with van der Waals surface area (Å²) in [4.78, 5) is 0. The van der Waals surface area contributed by atoms with Crippen molar-refractivity contribution in [3.05, 3.63) is 22.7 Å². The first kappa shape index (κ1) is 15.9. The molecule has 1 aromatic carbocycles. The molecule has 0 aliphatic rings. The third-order valence-corrected chi connectivity index (χ3v) is 4.29. The molecule has 1 aromatic heterocycles. The number of tetrazole rings is 1. The number of hydrogen-bond acceptors (Lipinski definition) is 4. The van der Waals surface area contributed by atoms with Gasteiger partial charge in [-0.1, -0.05) is 26.7 Å². The summed E-state index contributed by atoms with van der Waals surface area (Å²) in [6.07, 6.45) is 3.48. The molecule has 0 fully saturated rings. The van der Waals surface area contributed by atoms with Gasteiger partial charge in [-0.2, -0.15) is 0 Å². The minimum Gasteiger partial charge on any atom is -0.398 e. The van der Waals surface area contributed by atoms with E-state index in [1.165, 1.54) is 12.8 Å². The van der Waals surface area contributed by atoms with E-state index in [0.29, 0.717) is 5.69 Å². The van der Waals surface area contributed by atoms with Crippen LogP contribution in [-0.4, -0.2) is 20.2 Å². The van der Waals surface area contributed by atoms with Crippen molar-refractivity contribution in [2.45, 2.75) is 46.1 Å². The molecule has 0 aliphatic heterocycles. The zero-order valence-electron chi connectivity index (χ0n) is 12.8. The lowest BCUT2D eigenvalue weighted by Gasteiger charge is -2.14. The Kier molecular flexibility index (Phi) is 5.33. The van der Waals surface area contributed by atoms with Crippen molar-refractivity contribution in [3.8, 4) is 11.4 Å². The van der Waals surface area contributed by atoms with Crippen LogP contribution in [0.2, 0.25) is 0 Å². The van der Waals surface area contributed by atoms with Gasteiger partial charge in [0, 0.05) is 15.7 Å². The standard InChI is InChI=1S/C15H22BrN5/c1-10(2)5-4-6-11(3)21-15(18-19-20-21)12-7-8-13(16)14(17)9-12/h7-11H,4-6,17H2,1-3H3. The molecule has 1 atom stereocenters. The summed E-state index contributed by atoms with van der Waals surface area (Å²) in [5.74, 6) is 1.50. The molecular formula is C15H22BrN5. The average molecular weight is 352 g/mol. The van der Waals surface area contributed by atoms with Crippen LogP contribution in [0.3, 0.4) is 0 Å². The van der Waals surface area contributed by atoms with Crippen molar-refractivity contribution in [3.63, 3.8) is 0 Å². The number of anilines is 1. The quantitative estimate of drug-likeness (QED) is 0.796. The summed E-state index contributed by atoms with van der Waals surface area (Å²) in [6.45, 7) is 6.65. The summed E-state index contributed by atoms with van der Waals surface area (Å²) in [6, 6.07) is 6.07. The first-order valence-electron chi connectivity index (χ1n) is 7.32. The Bertz CT molecular complexity index is 593. The highest BCUT2D eigenvalue weighted by Crippen LogP contribution is 2.27. The molecule has 0 spiro atoms. The molecule has 114 valence electrons. The molecule has 2 aromatic rings. The van der Waals surface area contributed by atoms with Gasteiger partial charge in [0.1, 0.15) is 0 Å². The van der Waals surface area contributed by atoms with Gasteiger partial charge in [-0.25, -0.2) is 4.68 Å². The smallest absolute Gasteiger partial charge is 0.182 e. The number of nitrogens with two attached hydrogens (primary N) is 1. The highest BCUT2D eigenvalue weighted by Gasteiger charge is 2.15. The van der Waals surface area contributed by atoms with Crippen LogP contribution < -0.4 is 5.73 Å². The van der Waals surface area contributed by atoms with Crippen LogP contribution in [0.1, 0.15) is 46.1 Å². The van der Waals surface area contributed by atoms with Gasteiger partial charge in [0.25, 0.3) is 0 Å². The lowest BCUT2D eigenvalue weighted by atomic mass is 10.0. The predicted molar refractivity (Wildman–Crippen MR) is 88.8 cm³/mol. The molecule has 0 saturated carbocycles. The first-order chi connectivity index (χ1) is 9.99. The number of benzene rings is 1. The van der Waals surface area contributed by atoms with Gasteiger partial charge in [-0.15, -0.1) is 5.10 Å². The molecule has 5 nitrogen and oxygen atoms in total. The van der Waals surface area contributed by atoms with E-state index in [1.807, 2.05) is 22.9 Å². The number of halogens is 1. The molecular weight excluding hydrogens is 330 g/mol. The lowest BCUT2D eigenvalue weighted by molar-refractivity contribution is 0.414. The van der Waals surface area contributed by atoms with E-state index >= 15 is 0 Å². The topological polar surface area (TPSA) is 69.6 Å². The molecule has 2 rings (SSSR count). The number of nitrogens with zero attached hydrogens (tertiary/aromatic N) is 4. The molecule has 0 saturated heterocycles. The van der Waals surface area contributed by atoms with Gasteiger partial charge in [-0.3, -0.25) is 0 Å². The van der Waals surface area contributed by atoms with Crippen LogP contribution in [-0.2, 0) is 0 Å². The van der Waals surface area contributed by atoms with Gasteiger partial charge in [0.15, 0.2) is 5.82 Å². The lowest BCUT2D eigenvalue weighted by Crippen LogP contribution is -2.09. The fourth-order valence-electron chi connectivity index (χ4n) is 2.31. The maximum absolute atomic E-state index is 5.94. The van der Waals surface area contributed by atoms with Crippen LogP contribution in [0, 0.1) is 5.92 Å². The first-order valence-corrected chi connectivity index (χ1v) is 8.11. The van der Waals surface area contributed by atoms with Crippen LogP contribution in [0.15, 0.2) is 22.7 Å². The van der Waals surface area contributed by atoms with Crippen LogP contribution in [0.4, 0.5) is 5.69 Å². The van der Waals surface area contributed by atoms with Crippen LogP contribution in [0.5, 0.6) is 0 Å². The van der Waals surface area contributed by atoms with E-state index in [4.69, 9.17) is 5.73 Å². The normalized spacial score (nSPS) is 12.8. The summed E-state index contributed by atoms with van der Waals surface area (Å²) in [5, 5.41) is 12.1. The zero-order valence-corrected chi connectivity index (χ0v) is 14.3. The number of nitrogen functional groups attached to an aromatic ring is 1. The number of aromatic nitrogens is 4. The maximum Gasteiger partial charge on any atom is 0.182 e. The molecule has 0 aliphatic carbocycles. The monoisotopic (exact) mass is 351 g/mol. The fourth-order valence-corrected chi connectivity index (χ4v) is 2.55. The van der Waals surface area contributed by atoms with Crippen molar-refractivity contribution in [1.82, 2.24) is 20.2 Å². The predicted octanol–water partition coefficient (Wildman–Crippen LogP) is 4.07. The van der Waals surface area contributed by atoms with Crippen molar-refractivity contribution in [1.29, 1.82) is 0 Å². The second kappa shape index (κ2) is 7.02. The molecule has 0 amide bonds. The average Bonchev–Trinajstić information content (AvgIpc) is 2.90. The van der Waals surface area contributed by atoms with E-state index in [2.05, 4.69) is 52.2 Å². The molecule has 6 heteroatoms. The molecule has 1 unspecified atom stereocenters. The summed E-state index contributed by atoms with van der Waals surface area (Å²) >= 11 is 3.40. The highest BCUT2D eigenvalue weighted by atomic mass is 79.9. The Hall–Kier alpha value is -1.43. The van der Waals surface area contributed by atoms with Crippen molar-refractivity contribution in [2.24, 2.45) is 5.92 Å². The maximum atomic E-state index is 5.94. The van der Waals surface area contributed by atoms with Crippen LogP contribution in [0.25, 0.3) is 11.4 Å². The molecule has 2 N–H and O–H groups in total. The fraction of sp³-hybridized carbons (Fsp3) is 0.533. The molecule has 1 heterocycles. The Morgan fingerprint density at radius 2 is 2.00 bits per heavy atom. The van der Waals surface area contributed by atoms with E-state index in [9.17, 15) is 0 Å². The second-order valence-electron chi connectivity index (χ2n) is 5.86. The number of rotatable bonds is 6. The Morgan fingerprint density at radius 1 is 1.24 bits per heavy atom. The van der Waals surface area contributed by atoms with Gasteiger partial charge >= 0.3 is 0 Å². The Labute approximate surface area is 134 Å². The van der Waals surface area contributed by atoms with E-state index in [0.717, 1.165) is 28.2 Å². The summed E-state index contributed by atoms with van der Waals surface area (Å²) in [7, 11) is 0. The summed E-state index contributed by atoms with van der Waals surface area (Å²) < 4.78 is 2.78. The second-order valence-corrected chi connectivity index (χ2v) is 6.71. The van der Waals surface area contributed by atoms with Gasteiger partial charge < -0.3 is 5.73 Å². The molecule has 21 heavy (non-hydrogen) atoms. The largest absolute Gasteiger partial charge is 0.398 e. The third kappa shape index (κ3) is 4.03. The van der Waals surface area contributed by atoms with Gasteiger partial charge in [0.05, 0.1) is 6.04 Å².